The van der Waals surface area contributed by atoms with Crippen LogP contribution in [-0.4, -0.2) is 53.8 Å². The zero-order valence-electron chi connectivity index (χ0n) is 16.0. The van der Waals surface area contributed by atoms with E-state index in [9.17, 15) is 14.0 Å². The van der Waals surface area contributed by atoms with Gasteiger partial charge in [0.2, 0.25) is 0 Å². The second kappa shape index (κ2) is 9.00. The molecule has 3 rings (SSSR count). The predicted octanol–water partition coefficient (Wildman–Crippen LogP) is 3.55. The Morgan fingerprint density at radius 3 is 2.79 bits per heavy atom. The summed E-state index contributed by atoms with van der Waals surface area (Å²) in [6, 6.07) is 2.45. The van der Waals surface area contributed by atoms with Gasteiger partial charge in [-0.2, -0.15) is 0 Å². The van der Waals surface area contributed by atoms with Crippen LogP contribution in [0.1, 0.15) is 39.9 Å². The fourth-order valence-corrected chi connectivity index (χ4v) is 3.59. The number of aromatic amines is 1. The summed E-state index contributed by atoms with van der Waals surface area (Å²) in [6.07, 6.45) is 0.525. The van der Waals surface area contributed by atoms with E-state index in [2.05, 4.69) is 15.3 Å². The molecule has 1 fully saturated rings. The van der Waals surface area contributed by atoms with E-state index in [1.165, 1.54) is 6.20 Å². The second-order valence-electron chi connectivity index (χ2n) is 6.71. The Kier molecular flexibility index (Phi) is 6.64. The molecule has 156 valence electrons. The van der Waals surface area contributed by atoms with Crippen LogP contribution in [0.4, 0.5) is 10.2 Å². The molecular formula is C19H21Cl2FN4O3. The van der Waals surface area contributed by atoms with Gasteiger partial charge in [0.25, 0.3) is 5.91 Å². The Balaban J connectivity index is 1.65. The Bertz CT molecular complexity index is 921. The van der Waals surface area contributed by atoms with Crippen molar-refractivity contribution in [2.24, 2.45) is 0 Å². The Morgan fingerprint density at radius 1 is 1.41 bits per heavy atom. The number of hydrogen-bond donors (Lipinski definition) is 2. The predicted molar refractivity (Wildman–Crippen MR) is 109 cm³/mol. The van der Waals surface area contributed by atoms with Gasteiger partial charge >= 0.3 is 5.97 Å². The molecule has 0 bridgehead atoms. The summed E-state index contributed by atoms with van der Waals surface area (Å²) in [5.41, 5.74) is 1.05. The highest BCUT2D eigenvalue weighted by atomic mass is 35.5. The van der Waals surface area contributed by atoms with E-state index in [0.29, 0.717) is 30.0 Å². The molecule has 2 N–H and O–H groups in total. The number of pyridine rings is 1. The van der Waals surface area contributed by atoms with Crippen LogP contribution in [-0.2, 0) is 4.74 Å². The highest BCUT2D eigenvalue weighted by Gasteiger charge is 2.32. The van der Waals surface area contributed by atoms with E-state index in [1.807, 2.05) is 0 Å². The molecule has 29 heavy (non-hydrogen) atoms. The number of H-pyrrole nitrogens is 1. The molecule has 0 spiro atoms. The average Bonchev–Trinajstić information content (AvgIpc) is 2.97. The summed E-state index contributed by atoms with van der Waals surface area (Å²) in [5, 5.41) is 3.07. The van der Waals surface area contributed by atoms with Crippen LogP contribution in [0.25, 0.3) is 0 Å². The number of aryl methyl sites for hydroxylation is 1. The van der Waals surface area contributed by atoms with Crippen molar-refractivity contribution in [3.8, 4) is 0 Å². The third kappa shape index (κ3) is 4.64. The molecule has 2 aromatic rings. The Labute approximate surface area is 177 Å². The van der Waals surface area contributed by atoms with Crippen LogP contribution in [0.5, 0.6) is 0 Å². The normalized spacial score (nSPS) is 19.1. The number of alkyl halides is 1. The summed E-state index contributed by atoms with van der Waals surface area (Å²) >= 11 is 12.0. The molecule has 0 unspecified atom stereocenters. The number of aromatic nitrogens is 2. The smallest absolute Gasteiger partial charge is 0.338 e. The number of esters is 1. The van der Waals surface area contributed by atoms with Gasteiger partial charge in [0.15, 0.2) is 0 Å². The van der Waals surface area contributed by atoms with Crippen LogP contribution in [0.2, 0.25) is 10.0 Å². The SMILES string of the molecule is CCOC(=O)c1ccnc(N2CC[C@@H](NC(=O)c3[nH]c(C)c(Cl)c3Cl)[C@@H](F)C2)c1. The van der Waals surface area contributed by atoms with Gasteiger partial charge in [-0.1, -0.05) is 23.2 Å². The van der Waals surface area contributed by atoms with Gasteiger partial charge in [-0.15, -0.1) is 0 Å². The molecule has 7 nitrogen and oxygen atoms in total. The molecule has 3 heterocycles. The minimum Gasteiger partial charge on any atom is -0.462 e. The first-order chi connectivity index (χ1) is 13.8. The lowest BCUT2D eigenvalue weighted by Crippen LogP contribution is -2.52. The van der Waals surface area contributed by atoms with Gasteiger partial charge < -0.3 is 19.9 Å². The highest BCUT2D eigenvalue weighted by Crippen LogP contribution is 2.29. The van der Waals surface area contributed by atoms with E-state index in [1.54, 1.807) is 30.9 Å². The standard InChI is InChI=1S/C19H21Cl2FN4O3/c1-3-29-19(28)11-4-6-23-14(8-11)26-7-5-13(12(22)9-26)25-18(27)17-16(21)15(20)10(2)24-17/h4,6,8,12-13,24H,3,5,7,9H2,1-2H3,(H,25,27)/t12-,13+/m0/s1. The summed E-state index contributed by atoms with van der Waals surface area (Å²) in [5.74, 6) is -0.474. The average molecular weight is 443 g/mol. The van der Waals surface area contributed by atoms with Crippen molar-refractivity contribution in [2.45, 2.75) is 32.5 Å². The van der Waals surface area contributed by atoms with Crippen LogP contribution in [0.15, 0.2) is 18.3 Å². The lowest BCUT2D eigenvalue weighted by molar-refractivity contribution is 0.0526. The Morgan fingerprint density at radius 2 is 2.17 bits per heavy atom. The highest BCUT2D eigenvalue weighted by molar-refractivity contribution is 6.44. The number of amides is 1. The first kappa shape index (κ1) is 21.4. The maximum Gasteiger partial charge on any atom is 0.338 e. The van der Waals surface area contributed by atoms with Crippen molar-refractivity contribution in [3.05, 3.63) is 45.3 Å². The van der Waals surface area contributed by atoms with Crippen LogP contribution in [0.3, 0.4) is 0 Å². The second-order valence-corrected chi connectivity index (χ2v) is 7.46. The molecular weight excluding hydrogens is 422 g/mol. The topological polar surface area (TPSA) is 87.3 Å². The van der Waals surface area contributed by atoms with E-state index in [0.717, 1.165) is 0 Å². The van der Waals surface area contributed by atoms with Gasteiger partial charge in [-0.05, 0) is 32.4 Å². The molecule has 0 saturated carbocycles. The molecule has 0 radical (unpaired) electrons. The maximum atomic E-state index is 14.8. The van der Waals surface area contributed by atoms with E-state index < -0.39 is 24.1 Å². The fourth-order valence-electron chi connectivity index (χ4n) is 3.18. The minimum atomic E-state index is -1.33. The number of ether oxygens (including phenoxy) is 1. The van der Waals surface area contributed by atoms with Crippen LogP contribution >= 0.6 is 23.2 Å². The van der Waals surface area contributed by atoms with E-state index in [-0.39, 0.29) is 28.9 Å². The van der Waals surface area contributed by atoms with Crippen LogP contribution < -0.4 is 10.2 Å². The number of piperidine rings is 1. The van der Waals surface area contributed by atoms with Crippen molar-refractivity contribution in [1.82, 2.24) is 15.3 Å². The van der Waals surface area contributed by atoms with Crippen LogP contribution in [0, 0.1) is 6.92 Å². The van der Waals surface area contributed by atoms with Crippen molar-refractivity contribution < 1.29 is 18.7 Å². The Hall–Kier alpha value is -2.32. The van der Waals surface area contributed by atoms with E-state index >= 15 is 0 Å². The van der Waals surface area contributed by atoms with Crippen molar-refractivity contribution in [1.29, 1.82) is 0 Å². The van der Waals surface area contributed by atoms with Gasteiger partial charge in [0, 0.05) is 18.4 Å². The van der Waals surface area contributed by atoms with Crippen molar-refractivity contribution in [2.75, 3.05) is 24.6 Å². The van der Waals surface area contributed by atoms with Gasteiger partial charge in [0.05, 0.1) is 34.8 Å². The third-order valence-electron chi connectivity index (χ3n) is 4.72. The molecule has 2 aromatic heterocycles. The van der Waals surface area contributed by atoms with Gasteiger partial charge in [0.1, 0.15) is 17.7 Å². The summed E-state index contributed by atoms with van der Waals surface area (Å²) in [4.78, 5) is 33.1. The lowest BCUT2D eigenvalue weighted by atomic mass is 10.0. The number of halogens is 3. The molecule has 0 aromatic carbocycles. The third-order valence-corrected chi connectivity index (χ3v) is 5.67. The minimum absolute atomic E-state index is 0.0302. The molecule has 1 aliphatic heterocycles. The number of rotatable bonds is 5. The number of nitrogens with one attached hydrogen (secondary N) is 2. The number of carbonyl (C=O) groups excluding carboxylic acids is 2. The number of carbonyl (C=O) groups is 2. The monoisotopic (exact) mass is 442 g/mol. The summed E-state index contributed by atoms with van der Waals surface area (Å²) < 4.78 is 19.8. The largest absolute Gasteiger partial charge is 0.462 e. The maximum absolute atomic E-state index is 14.8. The lowest BCUT2D eigenvalue weighted by Gasteiger charge is -2.35. The first-order valence-corrected chi connectivity index (χ1v) is 9.94. The number of nitrogens with zero attached hydrogens (tertiary/aromatic N) is 2. The quantitative estimate of drug-likeness (QED) is 0.691. The van der Waals surface area contributed by atoms with E-state index in [4.69, 9.17) is 27.9 Å². The summed E-state index contributed by atoms with van der Waals surface area (Å²) in [7, 11) is 0. The van der Waals surface area contributed by atoms with Crippen molar-refractivity contribution >= 4 is 40.9 Å². The molecule has 10 heteroatoms. The first-order valence-electron chi connectivity index (χ1n) is 9.18. The molecule has 2 atom stereocenters. The zero-order chi connectivity index (χ0) is 21.1. The van der Waals surface area contributed by atoms with Gasteiger partial charge in [-0.25, -0.2) is 14.2 Å². The number of hydrogen-bond acceptors (Lipinski definition) is 5. The van der Waals surface area contributed by atoms with Gasteiger partial charge in [-0.3, -0.25) is 4.79 Å². The van der Waals surface area contributed by atoms with Crippen molar-refractivity contribution in [3.63, 3.8) is 0 Å². The molecule has 1 saturated heterocycles. The number of anilines is 1. The zero-order valence-corrected chi connectivity index (χ0v) is 17.5. The molecule has 0 aliphatic carbocycles. The molecule has 1 amide bonds. The fraction of sp³-hybridized carbons (Fsp3) is 0.421. The summed E-state index contributed by atoms with van der Waals surface area (Å²) in [6.45, 7) is 4.18. The molecule has 1 aliphatic rings.